The summed E-state index contributed by atoms with van der Waals surface area (Å²) in [5.74, 6) is 0. The maximum absolute atomic E-state index is 4.63. The van der Waals surface area contributed by atoms with Gasteiger partial charge in [0, 0.05) is 22.2 Å². The summed E-state index contributed by atoms with van der Waals surface area (Å²) in [6.45, 7) is 4.22. The fourth-order valence-electron chi connectivity index (χ4n) is 2.96. The molecule has 0 unspecified atom stereocenters. The van der Waals surface area contributed by atoms with E-state index in [0.717, 1.165) is 21.1 Å². The molecular weight excluding hydrogens is 380 g/mol. The maximum Gasteiger partial charge on any atom is 0.0659 e. The third-order valence-corrected chi connectivity index (χ3v) is 6.09. The van der Waals surface area contributed by atoms with E-state index in [1.807, 2.05) is 24.6 Å². The first kappa shape index (κ1) is 18.5. The Labute approximate surface area is 173 Å². The van der Waals surface area contributed by atoms with Gasteiger partial charge in [0.1, 0.15) is 0 Å². The predicted molar refractivity (Wildman–Crippen MR) is 124 cm³/mol. The molecule has 28 heavy (non-hydrogen) atoms. The Bertz CT molecular complexity index is 1030. The van der Waals surface area contributed by atoms with Gasteiger partial charge in [0.25, 0.3) is 0 Å². The summed E-state index contributed by atoms with van der Waals surface area (Å²) < 4.78 is 0. The Morgan fingerprint density at radius 3 is 1.46 bits per heavy atom. The zero-order valence-electron chi connectivity index (χ0n) is 15.8. The summed E-state index contributed by atoms with van der Waals surface area (Å²) in [5, 5.41) is 4.13. The average molecular weight is 401 g/mol. The molecule has 0 bridgehead atoms. The van der Waals surface area contributed by atoms with E-state index in [0.29, 0.717) is 0 Å². The molecule has 0 aliphatic heterocycles. The fourth-order valence-corrected chi connectivity index (χ4v) is 4.13. The van der Waals surface area contributed by atoms with Crippen LogP contribution >= 0.6 is 22.7 Å². The number of nitrogens with zero attached hydrogens (tertiary/aromatic N) is 2. The van der Waals surface area contributed by atoms with Crippen molar-refractivity contribution in [3.63, 3.8) is 0 Å². The van der Waals surface area contributed by atoms with E-state index in [9.17, 15) is 0 Å². The minimum atomic E-state index is 1.01. The molecule has 0 atom stereocenters. The highest BCUT2D eigenvalue weighted by molar-refractivity contribution is 7.12. The van der Waals surface area contributed by atoms with Gasteiger partial charge in [-0.25, -0.2) is 0 Å². The summed E-state index contributed by atoms with van der Waals surface area (Å²) in [5.41, 5.74) is 6.75. The number of benzene rings is 2. The predicted octanol–water partition coefficient (Wildman–Crippen LogP) is 7.59. The van der Waals surface area contributed by atoms with Crippen molar-refractivity contribution < 1.29 is 0 Å². The molecule has 2 aromatic heterocycles. The summed E-state index contributed by atoms with van der Waals surface area (Å²) in [6, 6.07) is 21.1. The van der Waals surface area contributed by atoms with Gasteiger partial charge >= 0.3 is 0 Å². The Morgan fingerprint density at radius 1 is 0.643 bits per heavy atom. The van der Waals surface area contributed by atoms with Crippen molar-refractivity contribution >= 4 is 46.5 Å². The van der Waals surface area contributed by atoms with Crippen LogP contribution in [0.4, 0.5) is 11.4 Å². The second-order valence-electron chi connectivity index (χ2n) is 6.55. The Balaban J connectivity index is 1.55. The lowest BCUT2D eigenvalue weighted by molar-refractivity contribution is 1.38. The topological polar surface area (TPSA) is 24.7 Å². The van der Waals surface area contributed by atoms with Gasteiger partial charge < -0.3 is 0 Å². The van der Waals surface area contributed by atoms with Gasteiger partial charge in [-0.1, -0.05) is 24.3 Å². The molecule has 2 heterocycles. The van der Waals surface area contributed by atoms with Crippen LogP contribution in [0.1, 0.15) is 20.9 Å². The van der Waals surface area contributed by atoms with Crippen LogP contribution in [-0.4, -0.2) is 12.4 Å². The second-order valence-corrected chi connectivity index (χ2v) is 8.51. The van der Waals surface area contributed by atoms with E-state index in [1.54, 1.807) is 22.7 Å². The van der Waals surface area contributed by atoms with E-state index in [4.69, 9.17) is 0 Å². The van der Waals surface area contributed by atoms with E-state index < -0.39 is 0 Å². The maximum atomic E-state index is 4.63. The molecule has 2 aromatic carbocycles. The van der Waals surface area contributed by atoms with Gasteiger partial charge in [-0.2, -0.15) is 0 Å². The highest BCUT2D eigenvalue weighted by Gasteiger charge is 2.04. The largest absolute Gasteiger partial charge is 0.255 e. The van der Waals surface area contributed by atoms with Crippen molar-refractivity contribution in [2.45, 2.75) is 13.8 Å². The minimum Gasteiger partial charge on any atom is -0.255 e. The zero-order valence-corrected chi connectivity index (χ0v) is 17.4. The van der Waals surface area contributed by atoms with Crippen LogP contribution < -0.4 is 0 Å². The van der Waals surface area contributed by atoms with Gasteiger partial charge in [0.05, 0.1) is 11.4 Å². The number of aliphatic imine (C=N–C) groups is 2. The third-order valence-electron chi connectivity index (χ3n) is 4.48. The Kier molecular flexibility index (Phi) is 5.60. The third kappa shape index (κ3) is 4.35. The van der Waals surface area contributed by atoms with Crippen molar-refractivity contribution in [2.75, 3.05) is 0 Å². The number of thiophene rings is 2. The van der Waals surface area contributed by atoms with Crippen LogP contribution in [0.15, 0.2) is 81.4 Å². The molecule has 138 valence electrons. The smallest absolute Gasteiger partial charge is 0.0659 e. The van der Waals surface area contributed by atoms with E-state index >= 15 is 0 Å². The summed E-state index contributed by atoms with van der Waals surface area (Å²) in [7, 11) is 0. The van der Waals surface area contributed by atoms with Gasteiger partial charge in [-0.3, -0.25) is 9.98 Å². The number of hydrogen-bond acceptors (Lipinski definition) is 4. The second kappa shape index (κ2) is 8.46. The molecule has 0 radical (unpaired) electrons. The first-order valence-corrected chi connectivity index (χ1v) is 10.8. The molecule has 0 aliphatic rings. The van der Waals surface area contributed by atoms with Crippen LogP contribution in [0.25, 0.3) is 11.1 Å². The molecule has 4 aromatic rings. The molecule has 0 aliphatic carbocycles. The molecule has 0 fully saturated rings. The van der Waals surface area contributed by atoms with Crippen LogP contribution in [0.2, 0.25) is 0 Å². The van der Waals surface area contributed by atoms with Gasteiger partial charge in [-0.15, -0.1) is 22.7 Å². The van der Waals surface area contributed by atoms with Gasteiger partial charge in [-0.05, 0) is 83.3 Å². The van der Waals surface area contributed by atoms with Crippen LogP contribution in [0, 0.1) is 13.8 Å². The molecule has 0 N–H and O–H groups in total. The van der Waals surface area contributed by atoms with E-state index in [-0.39, 0.29) is 0 Å². The monoisotopic (exact) mass is 400 g/mol. The first-order chi connectivity index (χ1) is 13.7. The molecule has 4 rings (SSSR count). The quantitative estimate of drug-likeness (QED) is 0.308. The number of aryl methyl sites for hydroxylation is 2. The summed E-state index contributed by atoms with van der Waals surface area (Å²) in [4.78, 5) is 11.6. The lowest BCUT2D eigenvalue weighted by Gasteiger charge is -2.08. The molecule has 4 heteroatoms. The summed E-state index contributed by atoms with van der Waals surface area (Å²) in [6.07, 6.45) is 3.86. The van der Waals surface area contributed by atoms with Crippen molar-refractivity contribution in [2.24, 2.45) is 9.98 Å². The van der Waals surface area contributed by atoms with Crippen molar-refractivity contribution in [1.29, 1.82) is 0 Å². The highest BCUT2D eigenvalue weighted by atomic mass is 32.1. The molecule has 2 nitrogen and oxygen atoms in total. The van der Waals surface area contributed by atoms with Crippen molar-refractivity contribution in [3.05, 3.63) is 92.3 Å². The molecule has 0 saturated heterocycles. The number of hydrogen-bond donors (Lipinski definition) is 0. The standard InChI is InChI=1S/C24H20N2S2/c1-17-13-19(7-9-23(17)25-15-21-5-3-11-27-21)20-8-10-24(18(2)14-20)26-16-22-6-4-12-28-22/h3-16H,1-2H3. The zero-order chi connectivity index (χ0) is 19.3. The van der Waals surface area contributed by atoms with E-state index in [2.05, 4.69) is 83.1 Å². The van der Waals surface area contributed by atoms with Crippen LogP contribution in [0.3, 0.4) is 0 Å². The van der Waals surface area contributed by atoms with Crippen molar-refractivity contribution in [3.8, 4) is 11.1 Å². The van der Waals surface area contributed by atoms with Crippen molar-refractivity contribution in [1.82, 2.24) is 0 Å². The Morgan fingerprint density at radius 2 is 1.11 bits per heavy atom. The molecule has 0 saturated carbocycles. The lowest BCUT2D eigenvalue weighted by Crippen LogP contribution is -1.84. The highest BCUT2D eigenvalue weighted by Crippen LogP contribution is 2.30. The van der Waals surface area contributed by atoms with Gasteiger partial charge in [0.15, 0.2) is 0 Å². The molecule has 0 amide bonds. The first-order valence-electron chi connectivity index (χ1n) is 9.06. The van der Waals surface area contributed by atoms with Gasteiger partial charge in [0.2, 0.25) is 0 Å². The van der Waals surface area contributed by atoms with Crippen LogP contribution in [0.5, 0.6) is 0 Å². The lowest BCUT2D eigenvalue weighted by atomic mass is 10.00. The average Bonchev–Trinajstić information content (AvgIpc) is 3.40. The Hall–Kier alpha value is -2.82. The van der Waals surface area contributed by atoms with E-state index in [1.165, 1.54) is 22.3 Å². The fraction of sp³-hybridized carbons (Fsp3) is 0.0833. The normalized spacial score (nSPS) is 11.6. The SMILES string of the molecule is Cc1cc(-c2ccc(N=Cc3cccs3)c(C)c2)ccc1N=Cc1cccs1. The summed E-state index contributed by atoms with van der Waals surface area (Å²) >= 11 is 3.39. The van der Waals surface area contributed by atoms with Crippen LogP contribution in [-0.2, 0) is 0 Å². The molecular formula is C24H20N2S2. The molecule has 0 spiro atoms. The minimum absolute atomic E-state index is 1.01. The number of rotatable bonds is 5.